The second kappa shape index (κ2) is 9.05. The molecule has 0 atom stereocenters. The summed E-state index contributed by atoms with van der Waals surface area (Å²) in [4.78, 5) is 12.6. The number of carbonyl (C=O) groups excluding carboxylic acids is 1. The highest BCUT2D eigenvalue weighted by atomic mass is 32.2. The zero-order chi connectivity index (χ0) is 16.5. The van der Waals surface area contributed by atoms with Crippen LogP contribution in [0.15, 0.2) is 53.4 Å². The van der Waals surface area contributed by atoms with Crippen molar-refractivity contribution in [3.8, 4) is 11.5 Å². The summed E-state index contributed by atoms with van der Waals surface area (Å²) in [7, 11) is 1.61. The third-order valence-corrected chi connectivity index (χ3v) is 3.95. The number of amides is 1. The largest absolute Gasteiger partial charge is 0.497 e. The van der Waals surface area contributed by atoms with Crippen LogP contribution in [-0.2, 0) is 4.79 Å². The van der Waals surface area contributed by atoms with Crippen molar-refractivity contribution >= 4 is 17.7 Å². The van der Waals surface area contributed by atoms with Gasteiger partial charge in [-0.15, -0.1) is 11.8 Å². The summed E-state index contributed by atoms with van der Waals surface area (Å²) in [6.45, 7) is 0.814. The van der Waals surface area contributed by atoms with E-state index in [-0.39, 0.29) is 17.5 Å². The predicted octanol–water partition coefficient (Wildman–Crippen LogP) is 3.12. The lowest BCUT2D eigenvalue weighted by atomic mass is 10.3. The molecule has 2 rings (SSSR count). The third kappa shape index (κ3) is 6.20. The van der Waals surface area contributed by atoms with Gasteiger partial charge in [-0.25, -0.2) is 4.39 Å². The Morgan fingerprint density at radius 2 is 1.74 bits per heavy atom. The Labute approximate surface area is 139 Å². The van der Waals surface area contributed by atoms with Gasteiger partial charge >= 0.3 is 0 Å². The zero-order valence-corrected chi connectivity index (χ0v) is 13.6. The molecular formula is C17H18FNO3S. The van der Waals surface area contributed by atoms with Gasteiger partial charge in [0.1, 0.15) is 23.9 Å². The molecule has 6 heteroatoms. The van der Waals surface area contributed by atoms with E-state index in [0.717, 1.165) is 16.4 Å². The van der Waals surface area contributed by atoms with Crippen molar-refractivity contribution in [1.29, 1.82) is 0 Å². The molecule has 4 nitrogen and oxygen atoms in total. The number of halogens is 1. The molecule has 0 aliphatic rings. The minimum atomic E-state index is -0.283. The van der Waals surface area contributed by atoms with Gasteiger partial charge < -0.3 is 14.8 Å². The highest BCUT2D eigenvalue weighted by molar-refractivity contribution is 8.00. The molecule has 2 aromatic rings. The van der Waals surface area contributed by atoms with E-state index in [1.165, 1.54) is 23.9 Å². The molecule has 0 aromatic heterocycles. The number of hydrogen-bond acceptors (Lipinski definition) is 4. The van der Waals surface area contributed by atoms with Gasteiger partial charge in [0.25, 0.3) is 0 Å². The van der Waals surface area contributed by atoms with Crippen molar-refractivity contribution < 1.29 is 18.7 Å². The Bertz CT molecular complexity index is 617. The number of hydrogen-bond donors (Lipinski definition) is 1. The van der Waals surface area contributed by atoms with Crippen LogP contribution < -0.4 is 14.8 Å². The minimum absolute atomic E-state index is 0.0855. The Balaban J connectivity index is 1.61. The van der Waals surface area contributed by atoms with Crippen molar-refractivity contribution in [2.24, 2.45) is 0 Å². The lowest BCUT2D eigenvalue weighted by Crippen LogP contribution is -2.29. The van der Waals surface area contributed by atoms with Crippen LogP contribution in [-0.4, -0.2) is 31.9 Å². The molecule has 2 aromatic carbocycles. The summed E-state index contributed by atoms with van der Waals surface area (Å²) in [5.74, 6) is 1.41. The molecule has 0 unspecified atom stereocenters. The van der Waals surface area contributed by atoms with Crippen LogP contribution >= 0.6 is 11.8 Å². The van der Waals surface area contributed by atoms with Crippen LogP contribution in [0.4, 0.5) is 4.39 Å². The normalized spacial score (nSPS) is 10.2. The fourth-order valence-electron chi connectivity index (χ4n) is 1.76. The van der Waals surface area contributed by atoms with Crippen molar-refractivity contribution in [1.82, 2.24) is 5.32 Å². The highest BCUT2D eigenvalue weighted by Crippen LogP contribution is 2.18. The number of rotatable bonds is 8. The van der Waals surface area contributed by atoms with E-state index >= 15 is 0 Å². The molecule has 0 aliphatic heterocycles. The Kier molecular flexibility index (Phi) is 6.75. The van der Waals surface area contributed by atoms with E-state index in [2.05, 4.69) is 5.32 Å². The molecule has 1 N–H and O–H groups in total. The molecule has 0 heterocycles. The molecule has 0 saturated carbocycles. The molecule has 23 heavy (non-hydrogen) atoms. The Morgan fingerprint density at radius 3 is 2.39 bits per heavy atom. The van der Waals surface area contributed by atoms with Gasteiger partial charge in [0.2, 0.25) is 5.91 Å². The maximum Gasteiger partial charge on any atom is 0.230 e. The molecule has 0 spiro atoms. The molecule has 0 fully saturated rings. The van der Waals surface area contributed by atoms with E-state index in [1.54, 1.807) is 19.2 Å². The lowest BCUT2D eigenvalue weighted by Gasteiger charge is -2.08. The van der Waals surface area contributed by atoms with Crippen LogP contribution in [0.25, 0.3) is 0 Å². The first-order valence-corrected chi connectivity index (χ1v) is 8.08. The number of benzene rings is 2. The summed E-state index contributed by atoms with van der Waals surface area (Å²) >= 11 is 1.36. The molecule has 0 aliphatic carbocycles. The van der Waals surface area contributed by atoms with E-state index in [0.29, 0.717) is 13.2 Å². The molecular weight excluding hydrogens is 317 g/mol. The maximum atomic E-state index is 12.8. The zero-order valence-electron chi connectivity index (χ0n) is 12.8. The fourth-order valence-corrected chi connectivity index (χ4v) is 2.49. The standard InChI is InChI=1S/C17H18FNO3S/c1-21-14-4-6-15(7-5-14)22-11-10-19-17(20)12-23-16-8-2-13(18)3-9-16/h2-9H,10-12H2,1H3,(H,19,20). The predicted molar refractivity (Wildman–Crippen MR) is 88.6 cm³/mol. The quantitative estimate of drug-likeness (QED) is 0.595. The average molecular weight is 335 g/mol. The molecule has 0 saturated heterocycles. The Morgan fingerprint density at radius 1 is 1.09 bits per heavy atom. The average Bonchev–Trinajstić information content (AvgIpc) is 2.59. The number of ether oxygens (including phenoxy) is 2. The summed E-state index contributed by atoms with van der Waals surface area (Å²) < 4.78 is 23.3. The summed E-state index contributed by atoms with van der Waals surface area (Å²) in [6, 6.07) is 13.3. The Hall–Kier alpha value is -2.21. The third-order valence-electron chi connectivity index (χ3n) is 2.94. The van der Waals surface area contributed by atoms with Gasteiger partial charge in [-0.05, 0) is 48.5 Å². The minimum Gasteiger partial charge on any atom is -0.497 e. The maximum absolute atomic E-state index is 12.8. The number of carbonyl (C=O) groups is 1. The smallest absolute Gasteiger partial charge is 0.230 e. The second-order valence-corrected chi connectivity index (χ2v) is 5.67. The number of nitrogens with one attached hydrogen (secondary N) is 1. The number of methoxy groups -OCH3 is 1. The number of thioether (sulfide) groups is 1. The van der Waals surface area contributed by atoms with E-state index in [4.69, 9.17) is 9.47 Å². The van der Waals surface area contributed by atoms with E-state index in [9.17, 15) is 9.18 Å². The van der Waals surface area contributed by atoms with Crippen LogP contribution in [0, 0.1) is 5.82 Å². The first kappa shape index (κ1) is 17.1. The summed E-state index contributed by atoms with van der Waals surface area (Å²) in [5, 5.41) is 2.77. The van der Waals surface area contributed by atoms with E-state index < -0.39 is 0 Å². The monoisotopic (exact) mass is 335 g/mol. The van der Waals surface area contributed by atoms with Crippen molar-refractivity contribution in [2.75, 3.05) is 26.0 Å². The van der Waals surface area contributed by atoms with Gasteiger partial charge in [-0.3, -0.25) is 4.79 Å². The van der Waals surface area contributed by atoms with Crippen molar-refractivity contribution in [3.05, 3.63) is 54.3 Å². The van der Waals surface area contributed by atoms with Crippen LogP contribution in [0.3, 0.4) is 0 Å². The molecule has 0 bridgehead atoms. The van der Waals surface area contributed by atoms with Crippen molar-refractivity contribution in [3.63, 3.8) is 0 Å². The molecule has 1 amide bonds. The van der Waals surface area contributed by atoms with Gasteiger partial charge in [0, 0.05) is 4.90 Å². The van der Waals surface area contributed by atoms with Gasteiger partial charge in [-0.1, -0.05) is 0 Å². The summed E-state index contributed by atoms with van der Waals surface area (Å²) in [6.07, 6.45) is 0. The topological polar surface area (TPSA) is 47.6 Å². The van der Waals surface area contributed by atoms with Gasteiger partial charge in [0.05, 0.1) is 19.4 Å². The van der Waals surface area contributed by atoms with Crippen molar-refractivity contribution in [2.45, 2.75) is 4.90 Å². The van der Waals surface area contributed by atoms with Crippen LogP contribution in [0.2, 0.25) is 0 Å². The second-order valence-electron chi connectivity index (χ2n) is 4.62. The van der Waals surface area contributed by atoms with Crippen LogP contribution in [0.1, 0.15) is 0 Å². The molecule has 122 valence electrons. The SMILES string of the molecule is COc1ccc(OCCNC(=O)CSc2ccc(F)cc2)cc1. The lowest BCUT2D eigenvalue weighted by molar-refractivity contribution is -0.118. The van der Waals surface area contributed by atoms with Crippen LogP contribution in [0.5, 0.6) is 11.5 Å². The van der Waals surface area contributed by atoms with E-state index in [1.807, 2.05) is 24.3 Å². The first-order valence-electron chi connectivity index (χ1n) is 7.09. The highest BCUT2D eigenvalue weighted by Gasteiger charge is 2.03. The molecule has 0 radical (unpaired) electrons. The summed E-state index contributed by atoms with van der Waals surface area (Å²) in [5.41, 5.74) is 0. The first-order chi connectivity index (χ1) is 11.2. The fraction of sp³-hybridized carbons (Fsp3) is 0.235. The van der Waals surface area contributed by atoms with Gasteiger partial charge in [-0.2, -0.15) is 0 Å². The van der Waals surface area contributed by atoms with Gasteiger partial charge in [0.15, 0.2) is 0 Å².